The Bertz CT molecular complexity index is 618. The van der Waals surface area contributed by atoms with Crippen molar-refractivity contribution in [3.8, 4) is 0 Å². The zero-order chi connectivity index (χ0) is 16.8. The highest BCUT2D eigenvalue weighted by Gasteiger charge is 2.28. The molecule has 5 nitrogen and oxygen atoms in total. The lowest BCUT2D eigenvalue weighted by Crippen LogP contribution is -2.37. The summed E-state index contributed by atoms with van der Waals surface area (Å²) in [4.78, 5) is 20.2. The van der Waals surface area contributed by atoms with E-state index in [1.807, 2.05) is 18.2 Å². The number of aromatic nitrogens is 2. The Morgan fingerprint density at radius 1 is 1.25 bits per heavy atom. The average Bonchev–Trinajstić information content (AvgIpc) is 3.17. The maximum absolute atomic E-state index is 12.7. The van der Waals surface area contributed by atoms with Gasteiger partial charge in [-0.25, -0.2) is 4.98 Å². The van der Waals surface area contributed by atoms with E-state index in [0.29, 0.717) is 5.92 Å². The third-order valence-electron chi connectivity index (χ3n) is 5.00. The van der Waals surface area contributed by atoms with Crippen LogP contribution in [-0.4, -0.2) is 22.4 Å². The molecule has 4 N–H and O–H groups in total. The monoisotopic (exact) mass is 326 g/mol. The van der Waals surface area contributed by atoms with E-state index in [0.717, 1.165) is 44.5 Å². The van der Waals surface area contributed by atoms with Crippen LogP contribution in [0.4, 0.5) is 0 Å². The quantitative estimate of drug-likeness (QED) is 0.763. The second kappa shape index (κ2) is 8.11. The number of carbonyl (C=O) groups is 1. The number of nitrogens with two attached hydrogens (primary N) is 1. The Hall–Kier alpha value is -2.14. The first-order valence-electron chi connectivity index (χ1n) is 8.80. The Labute approximate surface area is 143 Å². The molecular formula is C19H26N4O. The summed E-state index contributed by atoms with van der Waals surface area (Å²) in [5.41, 5.74) is 6.93. The van der Waals surface area contributed by atoms with Crippen LogP contribution in [0.3, 0.4) is 0 Å². The van der Waals surface area contributed by atoms with Gasteiger partial charge < -0.3 is 16.0 Å². The predicted molar refractivity (Wildman–Crippen MR) is 94.1 cm³/mol. The number of nitrogens with zero attached hydrogens (tertiary/aromatic N) is 1. The van der Waals surface area contributed by atoms with Gasteiger partial charge >= 0.3 is 0 Å². The topological polar surface area (TPSA) is 83.8 Å². The van der Waals surface area contributed by atoms with E-state index in [1.54, 1.807) is 12.4 Å². The molecule has 0 saturated heterocycles. The second-order valence-electron chi connectivity index (χ2n) is 6.68. The van der Waals surface area contributed by atoms with Gasteiger partial charge in [0.25, 0.3) is 0 Å². The van der Waals surface area contributed by atoms with Crippen LogP contribution in [-0.2, 0) is 11.2 Å². The van der Waals surface area contributed by atoms with Crippen molar-refractivity contribution < 1.29 is 4.79 Å². The molecule has 0 spiro atoms. The van der Waals surface area contributed by atoms with Gasteiger partial charge in [0.1, 0.15) is 5.82 Å². The first-order chi connectivity index (χ1) is 11.8. The number of hydrogen-bond acceptors (Lipinski definition) is 3. The number of aromatic amines is 1. The summed E-state index contributed by atoms with van der Waals surface area (Å²) >= 11 is 0. The normalized spacial score (nSPS) is 22.0. The van der Waals surface area contributed by atoms with E-state index >= 15 is 0 Å². The van der Waals surface area contributed by atoms with E-state index in [-0.39, 0.29) is 17.9 Å². The Kier molecular flexibility index (Phi) is 5.64. The van der Waals surface area contributed by atoms with Crippen molar-refractivity contribution in [2.45, 2.75) is 38.1 Å². The smallest absolute Gasteiger partial charge is 0.223 e. The standard InChI is InChI=1S/C19H26N4O/c20-13-15-6-8-16(9-7-15)19(24)23-17(18-21-10-11-22-18)12-14-4-2-1-3-5-14/h1-5,10-11,15-17H,6-9,12-13,20H2,(H,21,22)(H,23,24). The van der Waals surface area contributed by atoms with Crippen molar-refractivity contribution in [3.63, 3.8) is 0 Å². The van der Waals surface area contributed by atoms with Crippen LogP contribution in [0.25, 0.3) is 0 Å². The molecule has 24 heavy (non-hydrogen) atoms. The van der Waals surface area contributed by atoms with E-state index < -0.39 is 0 Å². The summed E-state index contributed by atoms with van der Waals surface area (Å²) in [7, 11) is 0. The van der Waals surface area contributed by atoms with Crippen LogP contribution in [0.1, 0.15) is 43.1 Å². The molecule has 2 aromatic rings. The minimum Gasteiger partial charge on any atom is -0.347 e. The van der Waals surface area contributed by atoms with Gasteiger partial charge in [-0.3, -0.25) is 4.79 Å². The molecule has 1 atom stereocenters. The first kappa shape index (κ1) is 16.7. The summed E-state index contributed by atoms with van der Waals surface area (Å²) in [5.74, 6) is 1.63. The third-order valence-corrected chi connectivity index (χ3v) is 5.00. The van der Waals surface area contributed by atoms with Gasteiger partial charge in [0, 0.05) is 18.3 Å². The highest BCUT2D eigenvalue weighted by molar-refractivity contribution is 5.79. The number of nitrogens with one attached hydrogen (secondary N) is 2. The number of benzene rings is 1. The zero-order valence-corrected chi connectivity index (χ0v) is 13.9. The van der Waals surface area contributed by atoms with E-state index in [2.05, 4.69) is 27.4 Å². The molecule has 1 aromatic heterocycles. The molecule has 1 saturated carbocycles. The summed E-state index contributed by atoms with van der Waals surface area (Å²) in [6.45, 7) is 0.733. The highest BCUT2D eigenvalue weighted by atomic mass is 16.1. The molecule has 1 heterocycles. The summed E-state index contributed by atoms with van der Waals surface area (Å²) in [5, 5.41) is 3.21. The van der Waals surface area contributed by atoms with Crippen LogP contribution in [0, 0.1) is 11.8 Å². The summed E-state index contributed by atoms with van der Waals surface area (Å²) in [6.07, 6.45) is 8.24. The summed E-state index contributed by atoms with van der Waals surface area (Å²) < 4.78 is 0. The lowest BCUT2D eigenvalue weighted by molar-refractivity contribution is -0.127. The zero-order valence-electron chi connectivity index (χ0n) is 13.9. The first-order valence-corrected chi connectivity index (χ1v) is 8.80. The fraction of sp³-hybridized carbons (Fsp3) is 0.474. The van der Waals surface area contributed by atoms with Crippen molar-refractivity contribution in [2.24, 2.45) is 17.6 Å². The van der Waals surface area contributed by atoms with Gasteiger partial charge in [0.2, 0.25) is 5.91 Å². The molecule has 1 aliphatic rings. The van der Waals surface area contributed by atoms with Crippen LogP contribution < -0.4 is 11.1 Å². The number of hydrogen-bond donors (Lipinski definition) is 3. The predicted octanol–water partition coefficient (Wildman–Crippen LogP) is 2.57. The van der Waals surface area contributed by atoms with Gasteiger partial charge in [-0.05, 0) is 50.1 Å². The van der Waals surface area contributed by atoms with Crippen LogP contribution in [0.2, 0.25) is 0 Å². The molecule has 3 rings (SSSR count). The van der Waals surface area contributed by atoms with Crippen molar-refractivity contribution in [1.29, 1.82) is 0 Å². The van der Waals surface area contributed by atoms with Crippen LogP contribution in [0.5, 0.6) is 0 Å². The fourth-order valence-corrected chi connectivity index (χ4v) is 3.48. The van der Waals surface area contributed by atoms with E-state index in [9.17, 15) is 4.79 Å². The van der Waals surface area contributed by atoms with E-state index in [4.69, 9.17) is 5.73 Å². The van der Waals surface area contributed by atoms with E-state index in [1.165, 1.54) is 5.56 Å². The Balaban J connectivity index is 1.65. The molecular weight excluding hydrogens is 300 g/mol. The molecule has 5 heteroatoms. The SMILES string of the molecule is NCC1CCC(C(=O)NC(Cc2ccccc2)c2ncc[nH]2)CC1. The number of H-pyrrole nitrogens is 1. The average molecular weight is 326 g/mol. The maximum Gasteiger partial charge on any atom is 0.223 e. The van der Waals surface area contributed by atoms with Crippen molar-refractivity contribution in [3.05, 3.63) is 54.1 Å². The minimum atomic E-state index is -0.123. The molecule has 1 aliphatic carbocycles. The third kappa shape index (κ3) is 4.23. The van der Waals surface area contributed by atoms with Crippen molar-refractivity contribution in [1.82, 2.24) is 15.3 Å². The summed E-state index contributed by atoms with van der Waals surface area (Å²) in [6, 6.07) is 10.1. The number of rotatable bonds is 6. The van der Waals surface area contributed by atoms with Gasteiger partial charge in [-0.1, -0.05) is 30.3 Å². The van der Waals surface area contributed by atoms with Gasteiger partial charge in [0.05, 0.1) is 6.04 Å². The minimum absolute atomic E-state index is 0.0982. The number of amides is 1. The molecule has 0 aliphatic heterocycles. The van der Waals surface area contributed by atoms with Crippen molar-refractivity contribution >= 4 is 5.91 Å². The van der Waals surface area contributed by atoms with Gasteiger partial charge in [-0.2, -0.15) is 0 Å². The van der Waals surface area contributed by atoms with Crippen molar-refractivity contribution in [2.75, 3.05) is 6.54 Å². The second-order valence-corrected chi connectivity index (χ2v) is 6.68. The van der Waals surface area contributed by atoms with Gasteiger partial charge in [0.15, 0.2) is 0 Å². The highest BCUT2D eigenvalue weighted by Crippen LogP contribution is 2.29. The molecule has 1 aromatic carbocycles. The molecule has 1 unspecified atom stereocenters. The largest absolute Gasteiger partial charge is 0.347 e. The Morgan fingerprint density at radius 2 is 2.00 bits per heavy atom. The number of imidazole rings is 1. The maximum atomic E-state index is 12.7. The van der Waals surface area contributed by atoms with Crippen LogP contribution >= 0.6 is 0 Å². The molecule has 1 fully saturated rings. The molecule has 128 valence electrons. The van der Waals surface area contributed by atoms with Crippen LogP contribution in [0.15, 0.2) is 42.7 Å². The Morgan fingerprint density at radius 3 is 2.62 bits per heavy atom. The molecule has 1 amide bonds. The molecule has 0 radical (unpaired) electrons. The lowest BCUT2D eigenvalue weighted by atomic mass is 9.81. The lowest BCUT2D eigenvalue weighted by Gasteiger charge is -2.28. The fourth-order valence-electron chi connectivity index (χ4n) is 3.48. The molecule has 0 bridgehead atoms. The van der Waals surface area contributed by atoms with Gasteiger partial charge in [-0.15, -0.1) is 0 Å². The number of carbonyl (C=O) groups excluding carboxylic acids is 1.